The van der Waals surface area contributed by atoms with Crippen molar-refractivity contribution >= 4 is 5.84 Å². The normalized spacial score (nSPS) is 10.7. The van der Waals surface area contributed by atoms with Gasteiger partial charge in [-0.05, 0) is 45.0 Å². The van der Waals surface area contributed by atoms with Gasteiger partial charge in [-0.2, -0.15) is 0 Å². The van der Waals surface area contributed by atoms with E-state index in [9.17, 15) is 4.79 Å². The van der Waals surface area contributed by atoms with E-state index in [1.807, 2.05) is 51.1 Å². The van der Waals surface area contributed by atoms with Gasteiger partial charge in [0.25, 0.3) is 5.56 Å². The molecule has 3 N–H and O–H groups in total. The van der Waals surface area contributed by atoms with Crippen LogP contribution in [-0.4, -0.2) is 16.5 Å². The number of para-hydroxylation sites is 1. The Hall–Kier alpha value is -2.56. The third-order valence-electron chi connectivity index (χ3n) is 3.31. The number of nitrogens with one attached hydrogen (secondary N) is 1. The molecule has 1 aromatic heterocycles. The lowest BCUT2D eigenvalue weighted by Gasteiger charge is -2.17. The molecular formula is C17H21N3O2. The SMILES string of the molecule is CCn1c(-c2ccccc2OC(C)C)ccc(C(=N)N)c1=O. The van der Waals surface area contributed by atoms with E-state index in [1.54, 1.807) is 10.6 Å². The second kappa shape index (κ2) is 6.47. The van der Waals surface area contributed by atoms with Crippen molar-refractivity contribution in [3.8, 4) is 17.0 Å². The summed E-state index contributed by atoms with van der Waals surface area (Å²) in [5.74, 6) is 0.514. The number of hydrogen-bond acceptors (Lipinski definition) is 3. The molecular weight excluding hydrogens is 278 g/mol. The van der Waals surface area contributed by atoms with Gasteiger partial charge in [-0.25, -0.2) is 0 Å². The van der Waals surface area contributed by atoms with Crippen LogP contribution in [0.15, 0.2) is 41.2 Å². The molecule has 2 rings (SSSR count). The second-order valence-corrected chi connectivity index (χ2v) is 5.26. The van der Waals surface area contributed by atoms with Gasteiger partial charge in [0.15, 0.2) is 0 Å². The van der Waals surface area contributed by atoms with Gasteiger partial charge in [-0.1, -0.05) is 12.1 Å². The average Bonchev–Trinajstić information content (AvgIpc) is 2.46. The maximum absolute atomic E-state index is 12.5. The highest BCUT2D eigenvalue weighted by molar-refractivity contribution is 5.94. The third-order valence-corrected chi connectivity index (χ3v) is 3.31. The van der Waals surface area contributed by atoms with Crippen LogP contribution in [0, 0.1) is 5.41 Å². The van der Waals surface area contributed by atoms with Crippen LogP contribution in [0.3, 0.4) is 0 Å². The molecule has 0 amide bonds. The first-order valence-electron chi connectivity index (χ1n) is 7.30. The Bertz CT molecular complexity index is 748. The van der Waals surface area contributed by atoms with Crippen LogP contribution in [-0.2, 0) is 6.54 Å². The molecule has 1 aromatic carbocycles. The summed E-state index contributed by atoms with van der Waals surface area (Å²) in [6.07, 6.45) is 0.0411. The summed E-state index contributed by atoms with van der Waals surface area (Å²) >= 11 is 0. The first-order chi connectivity index (χ1) is 10.5. The summed E-state index contributed by atoms with van der Waals surface area (Å²) in [4.78, 5) is 12.5. The summed E-state index contributed by atoms with van der Waals surface area (Å²) < 4.78 is 7.44. The highest BCUT2D eigenvalue weighted by atomic mass is 16.5. The van der Waals surface area contributed by atoms with E-state index in [2.05, 4.69) is 0 Å². The molecule has 22 heavy (non-hydrogen) atoms. The van der Waals surface area contributed by atoms with Gasteiger partial charge < -0.3 is 15.0 Å². The lowest BCUT2D eigenvalue weighted by Crippen LogP contribution is -2.30. The number of ether oxygens (including phenoxy) is 1. The first-order valence-corrected chi connectivity index (χ1v) is 7.30. The fourth-order valence-corrected chi connectivity index (χ4v) is 2.37. The van der Waals surface area contributed by atoms with Crippen LogP contribution >= 0.6 is 0 Å². The number of nitrogens with zero attached hydrogens (tertiary/aromatic N) is 1. The van der Waals surface area contributed by atoms with Crippen molar-refractivity contribution in [1.82, 2.24) is 4.57 Å². The molecule has 116 valence electrons. The molecule has 0 fully saturated rings. The molecule has 0 radical (unpaired) electrons. The van der Waals surface area contributed by atoms with Crippen molar-refractivity contribution in [3.63, 3.8) is 0 Å². The molecule has 0 aliphatic carbocycles. The van der Waals surface area contributed by atoms with E-state index in [1.165, 1.54) is 0 Å². The number of nitrogen functional groups attached to an aromatic ring is 1. The number of amidine groups is 1. The van der Waals surface area contributed by atoms with Gasteiger partial charge in [-0.3, -0.25) is 10.2 Å². The molecule has 0 unspecified atom stereocenters. The van der Waals surface area contributed by atoms with Crippen LogP contribution in [0.2, 0.25) is 0 Å². The van der Waals surface area contributed by atoms with E-state index in [0.717, 1.165) is 17.0 Å². The van der Waals surface area contributed by atoms with Gasteiger partial charge in [0.2, 0.25) is 0 Å². The Morgan fingerprint density at radius 2 is 1.95 bits per heavy atom. The van der Waals surface area contributed by atoms with Crippen LogP contribution in [0.5, 0.6) is 5.75 Å². The predicted octanol–water partition coefficient (Wildman–Crippen LogP) is 2.61. The fourth-order valence-electron chi connectivity index (χ4n) is 2.37. The third kappa shape index (κ3) is 3.03. The lowest BCUT2D eigenvalue weighted by molar-refractivity contribution is 0.243. The first kappa shape index (κ1) is 15.8. The second-order valence-electron chi connectivity index (χ2n) is 5.26. The summed E-state index contributed by atoms with van der Waals surface area (Å²) in [6.45, 7) is 6.30. The van der Waals surface area contributed by atoms with E-state index in [0.29, 0.717) is 6.54 Å². The molecule has 0 aliphatic rings. The quantitative estimate of drug-likeness (QED) is 0.657. The van der Waals surface area contributed by atoms with Gasteiger partial charge in [0.05, 0.1) is 17.4 Å². The van der Waals surface area contributed by atoms with Gasteiger partial charge >= 0.3 is 0 Å². The van der Waals surface area contributed by atoms with E-state index in [4.69, 9.17) is 15.9 Å². The molecule has 0 spiro atoms. The highest BCUT2D eigenvalue weighted by Gasteiger charge is 2.14. The standard InChI is InChI=1S/C17H21N3O2/c1-4-20-14(10-9-13(16(18)19)17(20)21)12-7-5-6-8-15(12)22-11(2)3/h5-11H,4H2,1-3H3,(H3,18,19). The molecule has 0 bridgehead atoms. The summed E-state index contributed by atoms with van der Waals surface area (Å²) in [5, 5.41) is 7.50. The molecule has 5 heteroatoms. The Labute approximate surface area is 129 Å². The van der Waals surface area contributed by atoms with E-state index < -0.39 is 0 Å². The molecule has 2 aromatic rings. The van der Waals surface area contributed by atoms with Crippen LogP contribution in [0.1, 0.15) is 26.3 Å². The van der Waals surface area contributed by atoms with Crippen molar-refractivity contribution in [2.45, 2.75) is 33.4 Å². The lowest BCUT2D eigenvalue weighted by atomic mass is 10.1. The zero-order valence-corrected chi connectivity index (χ0v) is 13.1. The van der Waals surface area contributed by atoms with Gasteiger partial charge in [0, 0.05) is 12.1 Å². The Morgan fingerprint density at radius 1 is 1.27 bits per heavy atom. The topological polar surface area (TPSA) is 81.1 Å². The van der Waals surface area contributed by atoms with Crippen molar-refractivity contribution in [2.24, 2.45) is 5.73 Å². The zero-order chi connectivity index (χ0) is 16.3. The van der Waals surface area contributed by atoms with Crippen molar-refractivity contribution < 1.29 is 4.74 Å². The minimum absolute atomic E-state index is 0.0411. The molecule has 0 atom stereocenters. The van der Waals surface area contributed by atoms with Crippen LogP contribution in [0.25, 0.3) is 11.3 Å². The Morgan fingerprint density at radius 3 is 2.55 bits per heavy atom. The van der Waals surface area contributed by atoms with Gasteiger partial charge in [0.1, 0.15) is 11.6 Å². The molecule has 0 aliphatic heterocycles. The number of aromatic nitrogens is 1. The molecule has 0 saturated carbocycles. The van der Waals surface area contributed by atoms with Crippen molar-refractivity contribution in [1.29, 1.82) is 5.41 Å². The maximum Gasteiger partial charge on any atom is 0.261 e. The summed E-state index contributed by atoms with van der Waals surface area (Å²) in [5.41, 5.74) is 7.04. The van der Waals surface area contributed by atoms with E-state index in [-0.39, 0.29) is 23.1 Å². The predicted molar refractivity (Wildman–Crippen MR) is 88.6 cm³/mol. The minimum atomic E-state index is -0.258. The number of pyridine rings is 1. The summed E-state index contributed by atoms with van der Waals surface area (Å²) in [6, 6.07) is 11.0. The van der Waals surface area contributed by atoms with Crippen LogP contribution < -0.4 is 16.0 Å². The zero-order valence-electron chi connectivity index (χ0n) is 13.1. The van der Waals surface area contributed by atoms with Crippen molar-refractivity contribution in [2.75, 3.05) is 0 Å². The monoisotopic (exact) mass is 299 g/mol. The number of benzene rings is 1. The van der Waals surface area contributed by atoms with E-state index >= 15 is 0 Å². The highest BCUT2D eigenvalue weighted by Crippen LogP contribution is 2.30. The minimum Gasteiger partial charge on any atom is -0.490 e. The average molecular weight is 299 g/mol. The maximum atomic E-state index is 12.5. The van der Waals surface area contributed by atoms with Gasteiger partial charge in [-0.15, -0.1) is 0 Å². The fraction of sp³-hybridized carbons (Fsp3) is 0.294. The van der Waals surface area contributed by atoms with Crippen LogP contribution in [0.4, 0.5) is 0 Å². The number of nitrogens with two attached hydrogens (primary N) is 1. The Kier molecular flexibility index (Phi) is 4.65. The molecule has 0 saturated heterocycles. The molecule has 1 heterocycles. The largest absolute Gasteiger partial charge is 0.490 e. The smallest absolute Gasteiger partial charge is 0.261 e. The summed E-state index contributed by atoms with van der Waals surface area (Å²) in [7, 11) is 0. The number of hydrogen-bond donors (Lipinski definition) is 2. The molecule has 5 nitrogen and oxygen atoms in total. The number of rotatable bonds is 5. The Balaban J connectivity index is 2.66. The van der Waals surface area contributed by atoms with Crippen molar-refractivity contribution in [3.05, 3.63) is 52.3 Å².